The molecule has 0 bridgehead atoms. The first kappa shape index (κ1) is 28.7. The van der Waals surface area contributed by atoms with Gasteiger partial charge in [-0.05, 0) is 69.7 Å². The van der Waals surface area contributed by atoms with Gasteiger partial charge in [0.15, 0.2) is 0 Å². The van der Waals surface area contributed by atoms with Gasteiger partial charge in [0.1, 0.15) is 5.75 Å². The molecule has 4 nitrogen and oxygen atoms in total. The minimum Gasteiger partial charge on any atom is -0.507 e. The molecule has 2 amide bonds. The van der Waals surface area contributed by atoms with Crippen LogP contribution in [0.4, 0.5) is 10.5 Å². The molecule has 2 aromatic rings. The summed E-state index contributed by atoms with van der Waals surface area (Å²) >= 11 is 0. The lowest BCUT2D eigenvalue weighted by Gasteiger charge is -2.28. The highest BCUT2D eigenvalue weighted by Gasteiger charge is 2.26. The summed E-state index contributed by atoms with van der Waals surface area (Å²) in [6.45, 7) is 22.3. The zero-order valence-electron chi connectivity index (χ0n) is 23.7. The SMILES string of the molecule is CC(CNC(=O)Nc1ccccc1CCc1cc(C(C)(C)C)c(O)c(C(C)(C)C)c1)CC(C)(C)C. The molecule has 0 aromatic heterocycles. The molecule has 194 valence electrons. The van der Waals surface area contributed by atoms with E-state index < -0.39 is 0 Å². The largest absolute Gasteiger partial charge is 0.507 e. The summed E-state index contributed by atoms with van der Waals surface area (Å²) in [5.74, 6) is 0.827. The Labute approximate surface area is 213 Å². The zero-order valence-corrected chi connectivity index (χ0v) is 23.7. The average Bonchev–Trinajstić information content (AvgIpc) is 2.69. The number of aromatic hydroxyl groups is 1. The molecule has 1 atom stereocenters. The number of benzene rings is 2. The summed E-state index contributed by atoms with van der Waals surface area (Å²) in [6, 6.07) is 12.1. The highest BCUT2D eigenvalue weighted by Crippen LogP contribution is 2.40. The van der Waals surface area contributed by atoms with Gasteiger partial charge >= 0.3 is 6.03 Å². The van der Waals surface area contributed by atoms with Crippen LogP contribution in [-0.2, 0) is 23.7 Å². The molecular formula is C31H48N2O2. The molecule has 0 aliphatic heterocycles. The van der Waals surface area contributed by atoms with Gasteiger partial charge in [-0.1, -0.05) is 99.6 Å². The third-order valence-electron chi connectivity index (χ3n) is 6.31. The van der Waals surface area contributed by atoms with E-state index in [4.69, 9.17) is 0 Å². The van der Waals surface area contributed by atoms with Crippen molar-refractivity contribution in [3.63, 3.8) is 0 Å². The first-order valence-electron chi connectivity index (χ1n) is 13.0. The number of aryl methyl sites for hydroxylation is 2. The smallest absolute Gasteiger partial charge is 0.319 e. The second kappa shape index (κ2) is 11.1. The molecule has 1 unspecified atom stereocenters. The highest BCUT2D eigenvalue weighted by atomic mass is 16.3. The summed E-state index contributed by atoms with van der Waals surface area (Å²) < 4.78 is 0. The predicted molar refractivity (Wildman–Crippen MR) is 150 cm³/mol. The van der Waals surface area contributed by atoms with Gasteiger partial charge in [0, 0.05) is 12.2 Å². The van der Waals surface area contributed by atoms with E-state index in [1.807, 2.05) is 18.2 Å². The number of amides is 2. The van der Waals surface area contributed by atoms with Crippen LogP contribution in [0.15, 0.2) is 36.4 Å². The van der Waals surface area contributed by atoms with E-state index >= 15 is 0 Å². The van der Waals surface area contributed by atoms with E-state index in [1.54, 1.807) is 0 Å². The lowest BCUT2D eigenvalue weighted by atomic mass is 9.78. The number of phenolic OH excluding ortho intramolecular Hbond substituents is 1. The number of phenols is 1. The minimum absolute atomic E-state index is 0.151. The standard InChI is InChI=1S/C31H48N2O2/c1-21(19-29(2,3)4)20-32-28(35)33-26-14-12-11-13-23(26)16-15-22-17-24(30(5,6)7)27(34)25(18-22)31(8,9)10/h11-14,17-18,21,34H,15-16,19-20H2,1-10H3,(H2,32,33,35). The number of anilines is 1. The fourth-order valence-electron chi connectivity index (χ4n) is 4.67. The molecule has 2 rings (SSSR count). The lowest BCUT2D eigenvalue weighted by Crippen LogP contribution is -2.33. The van der Waals surface area contributed by atoms with E-state index in [0.29, 0.717) is 18.2 Å². The molecule has 0 aliphatic carbocycles. The third kappa shape index (κ3) is 8.91. The van der Waals surface area contributed by atoms with Gasteiger partial charge in [0.2, 0.25) is 0 Å². The number of rotatable bonds is 7. The first-order chi connectivity index (χ1) is 16.0. The third-order valence-corrected chi connectivity index (χ3v) is 6.31. The molecule has 4 heteroatoms. The van der Waals surface area contributed by atoms with E-state index in [2.05, 4.69) is 98.1 Å². The summed E-state index contributed by atoms with van der Waals surface area (Å²) in [6.07, 6.45) is 2.69. The van der Waals surface area contributed by atoms with Crippen LogP contribution in [0.1, 0.15) is 97.9 Å². The summed E-state index contributed by atoms with van der Waals surface area (Å²) in [7, 11) is 0. The van der Waals surface area contributed by atoms with Crippen molar-refractivity contribution in [1.82, 2.24) is 5.32 Å². The van der Waals surface area contributed by atoms with E-state index in [-0.39, 0.29) is 22.3 Å². The monoisotopic (exact) mass is 480 g/mol. The molecule has 0 heterocycles. The van der Waals surface area contributed by atoms with Gasteiger partial charge in [-0.25, -0.2) is 4.79 Å². The number of nitrogens with one attached hydrogen (secondary N) is 2. The Morgan fingerprint density at radius 3 is 1.94 bits per heavy atom. The molecule has 0 spiro atoms. The number of carbonyl (C=O) groups is 1. The minimum atomic E-state index is -0.159. The van der Waals surface area contributed by atoms with Crippen molar-refractivity contribution in [2.24, 2.45) is 11.3 Å². The Kier molecular flexibility index (Phi) is 9.08. The quantitative estimate of drug-likeness (QED) is 0.376. The number of carbonyl (C=O) groups excluding carboxylic acids is 1. The summed E-state index contributed by atoms with van der Waals surface area (Å²) in [5.41, 5.74) is 5.06. The van der Waals surface area contributed by atoms with E-state index in [1.165, 1.54) is 5.56 Å². The molecule has 3 N–H and O–H groups in total. The van der Waals surface area contributed by atoms with Crippen molar-refractivity contribution in [2.45, 2.75) is 99.3 Å². The normalized spacial score (nSPS) is 13.4. The topological polar surface area (TPSA) is 61.4 Å². The second-order valence-corrected chi connectivity index (χ2v) is 13.4. The number of hydrogen-bond donors (Lipinski definition) is 3. The fourth-order valence-corrected chi connectivity index (χ4v) is 4.67. The average molecular weight is 481 g/mol. The van der Waals surface area contributed by atoms with Crippen LogP contribution in [0.25, 0.3) is 0 Å². The maximum absolute atomic E-state index is 12.6. The van der Waals surface area contributed by atoms with E-state index in [9.17, 15) is 9.90 Å². The van der Waals surface area contributed by atoms with Gasteiger partial charge < -0.3 is 15.7 Å². The maximum atomic E-state index is 12.6. The van der Waals surface area contributed by atoms with Crippen molar-refractivity contribution in [1.29, 1.82) is 0 Å². The van der Waals surface area contributed by atoms with Crippen molar-refractivity contribution in [2.75, 3.05) is 11.9 Å². The van der Waals surface area contributed by atoms with Crippen LogP contribution in [0.5, 0.6) is 5.75 Å². The van der Waals surface area contributed by atoms with Gasteiger partial charge in [-0.15, -0.1) is 0 Å². The fraction of sp³-hybridized carbons (Fsp3) is 0.581. The lowest BCUT2D eigenvalue weighted by molar-refractivity contribution is 0.246. The Morgan fingerprint density at radius 2 is 1.43 bits per heavy atom. The van der Waals surface area contributed by atoms with Gasteiger partial charge in [-0.2, -0.15) is 0 Å². The number of urea groups is 1. The zero-order chi connectivity index (χ0) is 26.6. The van der Waals surface area contributed by atoms with Gasteiger partial charge in [0.05, 0.1) is 0 Å². The molecule has 0 fully saturated rings. The Bertz CT molecular complexity index is 969. The van der Waals surface area contributed by atoms with Crippen molar-refractivity contribution >= 4 is 11.7 Å². The van der Waals surface area contributed by atoms with Crippen molar-refractivity contribution < 1.29 is 9.90 Å². The number of para-hydroxylation sites is 1. The summed E-state index contributed by atoms with van der Waals surface area (Å²) in [4.78, 5) is 12.6. The Morgan fingerprint density at radius 1 is 0.886 bits per heavy atom. The van der Waals surface area contributed by atoms with Crippen LogP contribution >= 0.6 is 0 Å². The molecule has 0 aliphatic rings. The maximum Gasteiger partial charge on any atom is 0.319 e. The second-order valence-electron chi connectivity index (χ2n) is 13.4. The van der Waals surface area contributed by atoms with Crippen LogP contribution in [0, 0.1) is 11.3 Å². The predicted octanol–water partition coefficient (Wildman–Crippen LogP) is 7.97. The van der Waals surface area contributed by atoms with Gasteiger partial charge in [0.25, 0.3) is 0 Å². The van der Waals surface area contributed by atoms with Crippen LogP contribution in [-0.4, -0.2) is 17.7 Å². The van der Waals surface area contributed by atoms with Crippen molar-refractivity contribution in [3.05, 3.63) is 58.7 Å². The summed E-state index contributed by atoms with van der Waals surface area (Å²) in [5, 5.41) is 17.1. The molecule has 0 radical (unpaired) electrons. The molecule has 0 saturated heterocycles. The van der Waals surface area contributed by atoms with E-state index in [0.717, 1.165) is 41.6 Å². The molecular weight excluding hydrogens is 432 g/mol. The van der Waals surface area contributed by atoms with Gasteiger partial charge in [-0.3, -0.25) is 0 Å². The molecule has 2 aromatic carbocycles. The van der Waals surface area contributed by atoms with Crippen LogP contribution in [0.3, 0.4) is 0 Å². The van der Waals surface area contributed by atoms with Crippen LogP contribution in [0.2, 0.25) is 0 Å². The Hall–Kier alpha value is -2.49. The van der Waals surface area contributed by atoms with Crippen LogP contribution < -0.4 is 10.6 Å². The number of hydrogen-bond acceptors (Lipinski definition) is 2. The Balaban J connectivity index is 2.16. The van der Waals surface area contributed by atoms with Crippen molar-refractivity contribution in [3.8, 4) is 5.75 Å². The molecule has 0 saturated carbocycles. The molecule has 35 heavy (non-hydrogen) atoms. The first-order valence-corrected chi connectivity index (χ1v) is 13.0. The highest BCUT2D eigenvalue weighted by molar-refractivity contribution is 5.90.